The molecule has 0 fully saturated rings. The molecule has 0 nitrogen and oxygen atoms in total. The second-order valence-electron chi connectivity index (χ2n) is 4.69. The third-order valence-electron chi connectivity index (χ3n) is 3.32. The number of fused-ring (bicyclic) bond motifs is 2. The van der Waals surface area contributed by atoms with E-state index < -0.39 is 0 Å². The van der Waals surface area contributed by atoms with E-state index >= 15 is 0 Å². The largest absolute Gasteiger partial charge is 0.197 e. The molecular formula is C20H18S. The molecule has 0 saturated heterocycles. The van der Waals surface area contributed by atoms with Crippen molar-refractivity contribution in [2.75, 3.05) is 0 Å². The van der Waals surface area contributed by atoms with Gasteiger partial charge in [-0.05, 0) is 21.5 Å². The smallest absolute Gasteiger partial charge is 0.0184 e. The summed E-state index contributed by atoms with van der Waals surface area (Å²) in [7, 11) is 0. The van der Waals surface area contributed by atoms with Crippen molar-refractivity contribution < 1.29 is 0 Å². The molecule has 0 aliphatic carbocycles. The lowest BCUT2D eigenvalue weighted by molar-refractivity contribution is 1.75. The van der Waals surface area contributed by atoms with Crippen LogP contribution in [0.2, 0.25) is 0 Å². The van der Waals surface area contributed by atoms with Crippen LogP contribution in [0.5, 0.6) is 0 Å². The van der Waals surface area contributed by atoms with Crippen molar-refractivity contribution in [3.8, 4) is 0 Å². The summed E-state index contributed by atoms with van der Waals surface area (Å²) in [6, 6.07) is 33.4. The van der Waals surface area contributed by atoms with Crippen LogP contribution in [0.1, 0.15) is 0 Å². The lowest BCUT2D eigenvalue weighted by atomic mass is 10.1. The third-order valence-corrected chi connectivity index (χ3v) is 3.32. The fourth-order valence-electron chi connectivity index (χ4n) is 2.27. The monoisotopic (exact) mass is 290 g/mol. The molecule has 0 amide bonds. The second kappa shape index (κ2) is 7.51. The van der Waals surface area contributed by atoms with Crippen molar-refractivity contribution in [2.24, 2.45) is 0 Å². The van der Waals surface area contributed by atoms with E-state index in [1.54, 1.807) is 0 Å². The maximum absolute atomic E-state index is 2.12. The third kappa shape index (κ3) is 3.87. The predicted molar refractivity (Wildman–Crippen MR) is 98.3 cm³/mol. The molecule has 104 valence electrons. The first-order valence-electron chi connectivity index (χ1n) is 6.81. The van der Waals surface area contributed by atoms with Crippen molar-refractivity contribution in [2.45, 2.75) is 0 Å². The van der Waals surface area contributed by atoms with Crippen molar-refractivity contribution in [3.05, 3.63) is 97.1 Å². The molecule has 0 spiro atoms. The normalized spacial score (nSPS) is 9.52. The average molecular weight is 290 g/mol. The molecule has 0 aromatic heterocycles. The van der Waals surface area contributed by atoms with E-state index in [0.29, 0.717) is 0 Å². The molecule has 0 aliphatic rings. The maximum atomic E-state index is 2.12. The van der Waals surface area contributed by atoms with Gasteiger partial charge in [0.15, 0.2) is 0 Å². The van der Waals surface area contributed by atoms with Gasteiger partial charge in [0.25, 0.3) is 0 Å². The van der Waals surface area contributed by atoms with Gasteiger partial charge in [0.1, 0.15) is 0 Å². The molecular weight excluding hydrogens is 272 g/mol. The Hall–Kier alpha value is -2.25. The molecule has 4 rings (SSSR count). The zero-order chi connectivity index (χ0) is 13.6. The maximum Gasteiger partial charge on any atom is -0.0184 e. The van der Waals surface area contributed by atoms with Crippen LogP contribution in [0.15, 0.2) is 97.1 Å². The van der Waals surface area contributed by atoms with Crippen LogP contribution < -0.4 is 0 Å². The minimum atomic E-state index is 0. The van der Waals surface area contributed by atoms with Crippen LogP contribution >= 0.6 is 13.5 Å². The van der Waals surface area contributed by atoms with Crippen LogP contribution in [-0.2, 0) is 0 Å². The Kier molecular flexibility index (Phi) is 5.42. The van der Waals surface area contributed by atoms with E-state index in [0.717, 1.165) is 0 Å². The minimum Gasteiger partial charge on any atom is -0.197 e. The summed E-state index contributed by atoms with van der Waals surface area (Å²) in [4.78, 5) is 0. The number of benzene rings is 4. The highest BCUT2D eigenvalue weighted by Crippen LogP contribution is 2.11. The van der Waals surface area contributed by atoms with Gasteiger partial charge in [-0.1, -0.05) is 97.1 Å². The van der Waals surface area contributed by atoms with Gasteiger partial charge in [0.05, 0.1) is 0 Å². The first-order chi connectivity index (χ1) is 9.93. The highest BCUT2D eigenvalue weighted by atomic mass is 32.1. The van der Waals surface area contributed by atoms with Gasteiger partial charge in [-0.25, -0.2) is 0 Å². The molecule has 0 N–H and O–H groups in total. The molecule has 0 radical (unpaired) electrons. The van der Waals surface area contributed by atoms with E-state index in [-0.39, 0.29) is 13.5 Å². The van der Waals surface area contributed by atoms with Gasteiger partial charge in [0, 0.05) is 0 Å². The minimum absolute atomic E-state index is 0. The topological polar surface area (TPSA) is 0 Å². The second-order valence-corrected chi connectivity index (χ2v) is 4.69. The number of hydrogen-bond donors (Lipinski definition) is 0. The summed E-state index contributed by atoms with van der Waals surface area (Å²) in [5.74, 6) is 0. The molecule has 0 atom stereocenters. The summed E-state index contributed by atoms with van der Waals surface area (Å²) in [5.41, 5.74) is 0. The molecule has 1 heteroatoms. The zero-order valence-corrected chi connectivity index (χ0v) is 12.7. The molecule has 4 aromatic carbocycles. The molecule has 0 unspecified atom stereocenters. The molecule has 0 bridgehead atoms. The highest BCUT2D eigenvalue weighted by molar-refractivity contribution is 7.59. The van der Waals surface area contributed by atoms with E-state index in [1.807, 2.05) is 0 Å². The van der Waals surface area contributed by atoms with Crippen molar-refractivity contribution in [3.63, 3.8) is 0 Å². The summed E-state index contributed by atoms with van der Waals surface area (Å²) in [6.45, 7) is 0. The summed E-state index contributed by atoms with van der Waals surface area (Å²) in [6.07, 6.45) is 0. The van der Waals surface area contributed by atoms with Gasteiger partial charge in [0.2, 0.25) is 0 Å². The fraction of sp³-hybridized carbons (Fsp3) is 0. The Morgan fingerprint density at radius 2 is 0.429 bits per heavy atom. The SMILES string of the molecule is S.c1ccc2ccccc2c1.c1ccc2ccccc2c1. The van der Waals surface area contributed by atoms with Gasteiger partial charge in [-0.3, -0.25) is 0 Å². The molecule has 4 aromatic rings. The Labute approximate surface area is 132 Å². The first kappa shape index (κ1) is 15.1. The predicted octanol–water partition coefficient (Wildman–Crippen LogP) is 5.79. The lowest BCUT2D eigenvalue weighted by Gasteiger charge is -1.92. The van der Waals surface area contributed by atoms with Crippen molar-refractivity contribution >= 4 is 35.0 Å². The highest BCUT2D eigenvalue weighted by Gasteiger charge is 1.86. The number of rotatable bonds is 0. The quantitative estimate of drug-likeness (QED) is 0.384. The summed E-state index contributed by atoms with van der Waals surface area (Å²) in [5, 5.41) is 5.24. The summed E-state index contributed by atoms with van der Waals surface area (Å²) >= 11 is 0. The lowest BCUT2D eigenvalue weighted by Crippen LogP contribution is -1.67. The Morgan fingerprint density at radius 1 is 0.286 bits per heavy atom. The van der Waals surface area contributed by atoms with E-state index in [2.05, 4.69) is 97.1 Å². The molecule has 21 heavy (non-hydrogen) atoms. The molecule has 0 saturated carbocycles. The van der Waals surface area contributed by atoms with E-state index in [4.69, 9.17) is 0 Å². The van der Waals surface area contributed by atoms with Crippen LogP contribution in [0.25, 0.3) is 21.5 Å². The molecule has 0 heterocycles. The van der Waals surface area contributed by atoms with Gasteiger partial charge in [-0.15, -0.1) is 0 Å². The van der Waals surface area contributed by atoms with Crippen molar-refractivity contribution in [1.82, 2.24) is 0 Å². The van der Waals surface area contributed by atoms with Crippen LogP contribution in [0.4, 0.5) is 0 Å². The Balaban J connectivity index is 0.000000147. The summed E-state index contributed by atoms with van der Waals surface area (Å²) < 4.78 is 0. The van der Waals surface area contributed by atoms with E-state index in [9.17, 15) is 0 Å². The average Bonchev–Trinajstić information content (AvgIpc) is 2.56. The first-order valence-corrected chi connectivity index (χ1v) is 6.81. The van der Waals surface area contributed by atoms with Crippen LogP contribution in [0, 0.1) is 0 Å². The Morgan fingerprint density at radius 3 is 0.571 bits per heavy atom. The zero-order valence-electron chi connectivity index (χ0n) is 11.7. The van der Waals surface area contributed by atoms with Gasteiger partial charge >= 0.3 is 0 Å². The fourth-order valence-corrected chi connectivity index (χ4v) is 2.27. The molecule has 0 aliphatic heterocycles. The van der Waals surface area contributed by atoms with Gasteiger partial charge in [-0.2, -0.15) is 13.5 Å². The van der Waals surface area contributed by atoms with Crippen molar-refractivity contribution in [1.29, 1.82) is 0 Å². The Bertz CT molecular complexity index is 619. The van der Waals surface area contributed by atoms with Gasteiger partial charge < -0.3 is 0 Å². The number of hydrogen-bond acceptors (Lipinski definition) is 0. The van der Waals surface area contributed by atoms with E-state index in [1.165, 1.54) is 21.5 Å². The van der Waals surface area contributed by atoms with Crippen LogP contribution in [-0.4, -0.2) is 0 Å². The standard InChI is InChI=1S/2C10H8.H2S/c2*1-2-6-10-8-4-3-7-9(10)5-1;/h2*1-8H;1H2. The van der Waals surface area contributed by atoms with Crippen LogP contribution in [0.3, 0.4) is 0 Å².